The molecular formula is C12H24N2O3S. The lowest BCUT2D eigenvalue weighted by Gasteiger charge is -2.18. The molecule has 0 saturated carbocycles. The quantitative estimate of drug-likeness (QED) is 0.631. The Balaban J connectivity index is 3.98. The third-order valence-electron chi connectivity index (χ3n) is 2.55. The molecule has 3 N–H and O–H groups in total. The van der Waals surface area contributed by atoms with E-state index < -0.39 is 11.9 Å². The van der Waals surface area contributed by atoms with Crippen LogP contribution >= 0.6 is 11.8 Å². The second-order valence-electron chi connectivity index (χ2n) is 4.60. The summed E-state index contributed by atoms with van der Waals surface area (Å²) in [5.74, 6) is 0.449. The molecule has 18 heavy (non-hydrogen) atoms. The maximum atomic E-state index is 11.5. The first kappa shape index (κ1) is 17.1. The van der Waals surface area contributed by atoms with Crippen LogP contribution in [0.2, 0.25) is 0 Å². The molecule has 5 nitrogen and oxygen atoms in total. The molecule has 0 spiro atoms. The van der Waals surface area contributed by atoms with E-state index in [4.69, 9.17) is 5.11 Å². The summed E-state index contributed by atoms with van der Waals surface area (Å²) in [5.41, 5.74) is 0. The van der Waals surface area contributed by atoms with Crippen LogP contribution in [0.5, 0.6) is 0 Å². The smallest absolute Gasteiger partial charge is 0.315 e. The molecule has 0 bridgehead atoms. The number of rotatable bonds is 8. The summed E-state index contributed by atoms with van der Waals surface area (Å²) < 4.78 is 0. The molecule has 0 radical (unpaired) electrons. The Labute approximate surface area is 113 Å². The summed E-state index contributed by atoms with van der Waals surface area (Å²) in [7, 11) is 0. The Hall–Kier alpha value is -0.910. The van der Waals surface area contributed by atoms with E-state index in [9.17, 15) is 9.59 Å². The van der Waals surface area contributed by atoms with Crippen molar-refractivity contribution in [2.24, 2.45) is 11.8 Å². The fraction of sp³-hybridized carbons (Fsp3) is 0.833. The van der Waals surface area contributed by atoms with Gasteiger partial charge in [-0.05, 0) is 18.6 Å². The topological polar surface area (TPSA) is 78.4 Å². The summed E-state index contributed by atoms with van der Waals surface area (Å²) in [6.07, 6.45) is 0. The number of carboxylic acids is 1. The maximum Gasteiger partial charge on any atom is 0.315 e. The van der Waals surface area contributed by atoms with Crippen molar-refractivity contribution in [3.05, 3.63) is 0 Å². The Morgan fingerprint density at radius 3 is 2.33 bits per heavy atom. The monoisotopic (exact) mass is 276 g/mol. The van der Waals surface area contributed by atoms with Gasteiger partial charge in [0.05, 0.1) is 5.92 Å². The van der Waals surface area contributed by atoms with Crippen molar-refractivity contribution in [3.63, 3.8) is 0 Å². The van der Waals surface area contributed by atoms with Crippen molar-refractivity contribution in [1.82, 2.24) is 10.6 Å². The van der Waals surface area contributed by atoms with Crippen molar-refractivity contribution in [3.8, 4) is 0 Å². The lowest BCUT2D eigenvalue weighted by atomic mass is 9.96. The summed E-state index contributed by atoms with van der Waals surface area (Å²) >= 11 is 1.76. The number of urea groups is 1. The Kier molecular flexibility index (Phi) is 8.62. The van der Waals surface area contributed by atoms with Crippen LogP contribution in [0.25, 0.3) is 0 Å². The van der Waals surface area contributed by atoms with Gasteiger partial charge in [-0.1, -0.05) is 20.8 Å². The highest BCUT2D eigenvalue weighted by molar-refractivity contribution is 7.99. The molecule has 0 aromatic rings. The first-order valence-corrected chi connectivity index (χ1v) is 7.38. The zero-order valence-electron chi connectivity index (χ0n) is 11.5. The normalized spacial score (nSPS) is 14.1. The van der Waals surface area contributed by atoms with Gasteiger partial charge in [-0.25, -0.2) is 4.79 Å². The molecule has 6 heteroatoms. The van der Waals surface area contributed by atoms with Crippen LogP contribution in [0.3, 0.4) is 0 Å². The maximum absolute atomic E-state index is 11.5. The van der Waals surface area contributed by atoms with Gasteiger partial charge < -0.3 is 15.7 Å². The standard InChI is InChI=1S/C12H24N2O3S/c1-5-18-7-9(4)14-12(17)13-6-10(8(2)3)11(15)16/h8-10H,5-7H2,1-4H3,(H,15,16)(H2,13,14,17). The van der Waals surface area contributed by atoms with Crippen LogP contribution in [0.1, 0.15) is 27.7 Å². The molecule has 2 atom stereocenters. The summed E-state index contributed by atoms with van der Waals surface area (Å²) in [6, 6.07) is -0.219. The zero-order chi connectivity index (χ0) is 14.1. The lowest BCUT2D eigenvalue weighted by molar-refractivity contribution is -0.142. The van der Waals surface area contributed by atoms with Crippen LogP contribution in [0, 0.1) is 11.8 Å². The van der Waals surface area contributed by atoms with E-state index >= 15 is 0 Å². The minimum absolute atomic E-state index is 0.00382. The van der Waals surface area contributed by atoms with Gasteiger partial charge in [0.25, 0.3) is 0 Å². The molecule has 0 heterocycles. The molecule has 0 saturated heterocycles. The van der Waals surface area contributed by atoms with Crippen LogP contribution in [-0.2, 0) is 4.79 Å². The number of carbonyl (C=O) groups excluding carboxylic acids is 1. The van der Waals surface area contributed by atoms with Crippen molar-refractivity contribution in [1.29, 1.82) is 0 Å². The summed E-state index contributed by atoms with van der Waals surface area (Å²) in [6.45, 7) is 7.82. The van der Waals surface area contributed by atoms with Gasteiger partial charge in [0.15, 0.2) is 0 Å². The van der Waals surface area contributed by atoms with E-state index in [0.29, 0.717) is 0 Å². The Bertz CT molecular complexity index is 272. The Morgan fingerprint density at radius 2 is 1.89 bits per heavy atom. The van der Waals surface area contributed by atoms with Crippen molar-refractivity contribution in [2.45, 2.75) is 33.7 Å². The number of hydrogen-bond acceptors (Lipinski definition) is 3. The average molecular weight is 276 g/mol. The predicted molar refractivity (Wildman–Crippen MR) is 75.0 cm³/mol. The van der Waals surface area contributed by atoms with Crippen LogP contribution < -0.4 is 10.6 Å². The van der Waals surface area contributed by atoms with Gasteiger partial charge in [-0.3, -0.25) is 4.79 Å². The first-order chi connectivity index (χ1) is 8.38. The molecule has 106 valence electrons. The number of aliphatic carboxylic acids is 1. The molecule has 0 rings (SSSR count). The van der Waals surface area contributed by atoms with Crippen LogP contribution in [-0.4, -0.2) is 41.2 Å². The third kappa shape index (κ3) is 7.42. The highest BCUT2D eigenvalue weighted by Gasteiger charge is 2.22. The van der Waals surface area contributed by atoms with Gasteiger partial charge in [-0.2, -0.15) is 11.8 Å². The molecule has 0 aliphatic rings. The minimum Gasteiger partial charge on any atom is -0.481 e. The Morgan fingerprint density at radius 1 is 1.28 bits per heavy atom. The number of hydrogen-bond donors (Lipinski definition) is 3. The molecule has 2 unspecified atom stereocenters. The molecule has 0 fully saturated rings. The molecule has 0 aromatic heterocycles. The number of carboxylic acid groups (broad SMARTS) is 1. The van der Waals surface area contributed by atoms with E-state index in [-0.39, 0.29) is 24.5 Å². The van der Waals surface area contributed by atoms with Crippen molar-refractivity contribution < 1.29 is 14.7 Å². The molecule has 0 aromatic carbocycles. The number of amides is 2. The summed E-state index contributed by atoms with van der Waals surface area (Å²) in [4.78, 5) is 22.5. The van der Waals surface area contributed by atoms with Gasteiger partial charge in [0, 0.05) is 18.3 Å². The number of nitrogens with one attached hydrogen (secondary N) is 2. The fourth-order valence-electron chi connectivity index (χ4n) is 1.42. The minimum atomic E-state index is -0.875. The van der Waals surface area contributed by atoms with E-state index in [0.717, 1.165) is 11.5 Å². The number of thioether (sulfide) groups is 1. The predicted octanol–water partition coefficient (Wildman–Crippen LogP) is 1.78. The fourth-order valence-corrected chi connectivity index (χ4v) is 2.09. The van der Waals surface area contributed by atoms with Gasteiger partial charge in [-0.15, -0.1) is 0 Å². The average Bonchev–Trinajstić information content (AvgIpc) is 2.25. The largest absolute Gasteiger partial charge is 0.481 e. The highest BCUT2D eigenvalue weighted by Crippen LogP contribution is 2.09. The van der Waals surface area contributed by atoms with Crippen molar-refractivity contribution in [2.75, 3.05) is 18.1 Å². The second kappa shape index (κ2) is 9.08. The van der Waals surface area contributed by atoms with Gasteiger partial charge in [0.1, 0.15) is 0 Å². The summed E-state index contributed by atoms with van der Waals surface area (Å²) in [5, 5.41) is 14.4. The molecule has 0 aliphatic heterocycles. The van der Waals surface area contributed by atoms with E-state index in [1.54, 1.807) is 11.8 Å². The third-order valence-corrected chi connectivity index (χ3v) is 3.70. The van der Waals surface area contributed by atoms with Crippen molar-refractivity contribution >= 4 is 23.8 Å². The van der Waals surface area contributed by atoms with E-state index in [1.165, 1.54) is 0 Å². The van der Waals surface area contributed by atoms with Gasteiger partial charge in [0.2, 0.25) is 0 Å². The second-order valence-corrected chi connectivity index (χ2v) is 5.92. The molecule has 0 aliphatic carbocycles. The highest BCUT2D eigenvalue weighted by atomic mass is 32.2. The van der Waals surface area contributed by atoms with Crippen LogP contribution in [0.4, 0.5) is 4.79 Å². The van der Waals surface area contributed by atoms with Gasteiger partial charge >= 0.3 is 12.0 Å². The number of carbonyl (C=O) groups is 2. The lowest BCUT2D eigenvalue weighted by Crippen LogP contribution is -2.45. The first-order valence-electron chi connectivity index (χ1n) is 6.23. The molecule has 2 amide bonds. The van der Waals surface area contributed by atoms with E-state index in [2.05, 4.69) is 17.6 Å². The zero-order valence-corrected chi connectivity index (χ0v) is 12.3. The SMILES string of the molecule is CCSCC(C)NC(=O)NCC(C(=O)O)C(C)C. The molecular weight excluding hydrogens is 252 g/mol. The van der Waals surface area contributed by atoms with Crippen LogP contribution in [0.15, 0.2) is 0 Å². The van der Waals surface area contributed by atoms with E-state index in [1.807, 2.05) is 20.8 Å².